The number of fused-ring (bicyclic) bond motifs is 1. The zero-order chi connectivity index (χ0) is 14.8. The second kappa shape index (κ2) is 5.51. The molecule has 1 aliphatic heterocycles. The molecule has 3 rings (SSSR count). The predicted molar refractivity (Wildman–Crippen MR) is 73.6 cm³/mol. The van der Waals surface area contributed by atoms with E-state index in [9.17, 15) is 9.18 Å². The lowest BCUT2D eigenvalue weighted by molar-refractivity contribution is 0.0518. The minimum absolute atomic E-state index is 0.120. The first-order valence-electron chi connectivity index (χ1n) is 6.81. The Morgan fingerprint density at radius 1 is 1.57 bits per heavy atom. The monoisotopic (exact) mass is 290 g/mol. The number of pyridine rings is 1. The summed E-state index contributed by atoms with van der Waals surface area (Å²) in [5, 5.41) is 7.48. The van der Waals surface area contributed by atoms with Crippen molar-refractivity contribution in [2.45, 2.75) is 19.4 Å². The Balaban J connectivity index is 1.94. The molecule has 3 heterocycles. The highest BCUT2D eigenvalue weighted by molar-refractivity contribution is 5.88. The molecule has 6 nitrogen and oxygen atoms in total. The molecule has 0 aliphatic carbocycles. The summed E-state index contributed by atoms with van der Waals surface area (Å²) in [6.45, 7) is 2.78. The molecule has 0 bridgehead atoms. The number of nitrogens with zero attached hydrogens (tertiary/aromatic N) is 3. The van der Waals surface area contributed by atoms with Crippen LogP contribution in [0.3, 0.4) is 0 Å². The van der Waals surface area contributed by atoms with E-state index in [0.29, 0.717) is 6.61 Å². The topological polar surface area (TPSA) is 69.0 Å². The molecule has 0 amide bonds. The first kappa shape index (κ1) is 13.5. The highest BCUT2D eigenvalue weighted by atomic mass is 19.1. The van der Waals surface area contributed by atoms with E-state index in [0.717, 1.165) is 24.5 Å². The van der Waals surface area contributed by atoms with Crippen LogP contribution in [0.15, 0.2) is 24.4 Å². The van der Waals surface area contributed by atoms with Gasteiger partial charge in [-0.15, -0.1) is 0 Å². The van der Waals surface area contributed by atoms with E-state index in [1.54, 1.807) is 23.7 Å². The molecule has 0 saturated heterocycles. The number of carbonyl (C=O) groups is 1. The summed E-state index contributed by atoms with van der Waals surface area (Å²) < 4.78 is 19.6. The van der Waals surface area contributed by atoms with Crippen LogP contribution in [0.2, 0.25) is 0 Å². The third-order valence-electron chi connectivity index (χ3n) is 3.33. The summed E-state index contributed by atoms with van der Waals surface area (Å²) in [6.07, 6.45) is 1.95. The third kappa shape index (κ3) is 2.58. The van der Waals surface area contributed by atoms with Crippen LogP contribution in [0, 0.1) is 5.82 Å². The summed E-state index contributed by atoms with van der Waals surface area (Å²) in [7, 11) is 0. The predicted octanol–water partition coefficient (Wildman–Crippen LogP) is 2.00. The maximum absolute atomic E-state index is 13.0. The van der Waals surface area contributed by atoms with Crippen LogP contribution >= 0.6 is 0 Å². The molecule has 0 saturated carbocycles. The molecule has 0 radical (unpaired) electrons. The molecule has 7 heteroatoms. The van der Waals surface area contributed by atoms with Gasteiger partial charge in [0.2, 0.25) is 0 Å². The van der Waals surface area contributed by atoms with Gasteiger partial charge in [-0.2, -0.15) is 5.10 Å². The smallest absolute Gasteiger partial charge is 0.358 e. The molecule has 2 aromatic rings. The van der Waals surface area contributed by atoms with Gasteiger partial charge in [0.05, 0.1) is 24.5 Å². The number of anilines is 1. The van der Waals surface area contributed by atoms with Crippen molar-refractivity contribution in [3.63, 3.8) is 0 Å². The molecule has 1 N–H and O–H groups in total. The average molecular weight is 290 g/mol. The number of halogens is 1. The number of rotatable bonds is 3. The first-order valence-corrected chi connectivity index (χ1v) is 6.81. The highest BCUT2D eigenvalue weighted by Crippen LogP contribution is 2.28. The minimum atomic E-state index is -0.452. The maximum Gasteiger partial charge on any atom is 0.358 e. The van der Waals surface area contributed by atoms with Gasteiger partial charge in [0, 0.05) is 12.6 Å². The summed E-state index contributed by atoms with van der Waals surface area (Å²) in [6, 6.07) is 4.55. The van der Waals surface area contributed by atoms with Crippen LogP contribution < -0.4 is 5.32 Å². The number of ether oxygens (including phenoxy) is 1. The van der Waals surface area contributed by atoms with Crippen molar-refractivity contribution < 1.29 is 13.9 Å². The van der Waals surface area contributed by atoms with E-state index in [1.807, 2.05) is 0 Å². The molecule has 21 heavy (non-hydrogen) atoms. The van der Waals surface area contributed by atoms with Gasteiger partial charge in [-0.3, -0.25) is 4.98 Å². The van der Waals surface area contributed by atoms with Gasteiger partial charge >= 0.3 is 5.97 Å². The van der Waals surface area contributed by atoms with Crippen molar-refractivity contribution in [3.8, 4) is 0 Å². The molecule has 0 fully saturated rings. The Morgan fingerprint density at radius 3 is 3.14 bits per heavy atom. The third-order valence-corrected chi connectivity index (χ3v) is 3.33. The summed E-state index contributed by atoms with van der Waals surface area (Å²) in [5.74, 6) is -0.0898. The van der Waals surface area contributed by atoms with Crippen molar-refractivity contribution in [2.24, 2.45) is 0 Å². The van der Waals surface area contributed by atoms with Crippen LogP contribution in [0.4, 0.5) is 10.2 Å². The average Bonchev–Trinajstić information content (AvgIpc) is 2.92. The largest absolute Gasteiger partial charge is 0.461 e. The van der Waals surface area contributed by atoms with Crippen molar-refractivity contribution in [1.29, 1.82) is 0 Å². The zero-order valence-electron chi connectivity index (χ0n) is 11.5. The second-order valence-electron chi connectivity index (χ2n) is 4.71. The number of esters is 1. The molecular formula is C14H15FN4O2. The Bertz CT molecular complexity index is 653. The van der Waals surface area contributed by atoms with E-state index >= 15 is 0 Å². The lowest BCUT2D eigenvalue weighted by Gasteiger charge is -2.25. The van der Waals surface area contributed by atoms with Crippen LogP contribution in [0.1, 0.15) is 35.6 Å². The molecule has 1 unspecified atom stereocenters. The van der Waals surface area contributed by atoms with Gasteiger partial charge in [0.1, 0.15) is 11.6 Å². The van der Waals surface area contributed by atoms with Crippen molar-refractivity contribution >= 4 is 11.8 Å². The summed E-state index contributed by atoms with van der Waals surface area (Å²) in [5.41, 5.74) is 0.978. The van der Waals surface area contributed by atoms with Gasteiger partial charge in [-0.25, -0.2) is 13.9 Å². The van der Waals surface area contributed by atoms with Crippen molar-refractivity contribution in [3.05, 3.63) is 41.6 Å². The van der Waals surface area contributed by atoms with Crippen molar-refractivity contribution in [2.75, 3.05) is 18.5 Å². The molecule has 110 valence electrons. The normalized spacial score (nSPS) is 17.0. The summed E-state index contributed by atoms with van der Waals surface area (Å²) in [4.78, 5) is 15.9. The lowest BCUT2D eigenvalue weighted by Crippen LogP contribution is -2.25. The number of hydrogen-bond donors (Lipinski definition) is 1. The molecule has 2 aromatic heterocycles. The standard InChI is InChI=1S/C14H15FN4O2/c1-2-21-14(20)11-7-13-16-6-5-12(19(13)18-11)10-4-3-9(15)8-17-10/h3-4,7-8,12,16H,2,5-6H2,1H3. The fourth-order valence-corrected chi connectivity index (χ4v) is 2.39. The van der Waals surface area contributed by atoms with E-state index < -0.39 is 5.97 Å². The van der Waals surface area contributed by atoms with Gasteiger partial charge < -0.3 is 10.1 Å². The van der Waals surface area contributed by atoms with Crippen molar-refractivity contribution in [1.82, 2.24) is 14.8 Å². The number of carbonyl (C=O) groups excluding carboxylic acids is 1. The Labute approximate surface area is 120 Å². The number of aromatic nitrogens is 3. The molecule has 0 spiro atoms. The van der Waals surface area contributed by atoms with E-state index in [4.69, 9.17) is 4.74 Å². The van der Waals surface area contributed by atoms with Gasteiger partial charge in [0.15, 0.2) is 5.69 Å². The molecule has 0 aromatic carbocycles. The maximum atomic E-state index is 13.0. The second-order valence-corrected chi connectivity index (χ2v) is 4.71. The SMILES string of the molecule is CCOC(=O)c1cc2n(n1)C(c1ccc(F)cn1)CCN2. The van der Waals surface area contributed by atoms with Crippen LogP contribution in [0.25, 0.3) is 0 Å². The van der Waals surface area contributed by atoms with Gasteiger partial charge in [-0.1, -0.05) is 0 Å². The molecule has 1 aliphatic rings. The Kier molecular flexibility index (Phi) is 3.55. The van der Waals surface area contributed by atoms with E-state index in [1.165, 1.54) is 12.3 Å². The van der Waals surface area contributed by atoms with E-state index in [-0.39, 0.29) is 17.6 Å². The lowest BCUT2D eigenvalue weighted by atomic mass is 10.1. The Hall–Kier alpha value is -2.44. The quantitative estimate of drug-likeness (QED) is 0.876. The van der Waals surface area contributed by atoms with E-state index in [2.05, 4.69) is 15.4 Å². The van der Waals surface area contributed by atoms with Crippen LogP contribution in [0.5, 0.6) is 0 Å². The molecule has 1 atom stereocenters. The first-order chi connectivity index (χ1) is 10.2. The fourth-order valence-electron chi connectivity index (χ4n) is 2.39. The van der Waals surface area contributed by atoms with Crippen LogP contribution in [-0.2, 0) is 4.74 Å². The van der Waals surface area contributed by atoms with Crippen LogP contribution in [-0.4, -0.2) is 33.9 Å². The Morgan fingerprint density at radius 2 is 2.43 bits per heavy atom. The minimum Gasteiger partial charge on any atom is -0.461 e. The van der Waals surface area contributed by atoms with Gasteiger partial charge in [0.25, 0.3) is 0 Å². The zero-order valence-corrected chi connectivity index (χ0v) is 11.5. The van der Waals surface area contributed by atoms with Gasteiger partial charge in [-0.05, 0) is 25.5 Å². The number of hydrogen-bond acceptors (Lipinski definition) is 5. The summed E-state index contributed by atoms with van der Waals surface area (Å²) >= 11 is 0. The molecular weight excluding hydrogens is 275 g/mol. The number of nitrogens with one attached hydrogen (secondary N) is 1. The fraction of sp³-hybridized carbons (Fsp3) is 0.357. The highest BCUT2D eigenvalue weighted by Gasteiger charge is 2.26.